The van der Waals surface area contributed by atoms with E-state index in [-0.39, 0.29) is 0 Å². The van der Waals surface area contributed by atoms with Gasteiger partial charge in [0.25, 0.3) is 0 Å². The van der Waals surface area contributed by atoms with Crippen molar-refractivity contribution in [3.8, 4) is 0 Å². The van der Waals surface area contributed by atoms with Gasteiger partial charge >= 0.3 is 92.4 Å². The van der Waals surface area contributed by atoms with Crippen LogP contribution in [0.3, 0.4) is 0 Å². The van der Waals surface area contributed by atoms with Crippen LogP contribution in [-0.2, 0) is 9.59 Å². The fourth-order valence-electron chi connectivity index (χ4n) is 3.88. The Morgan fingerprint density at radius 2 is 0.818 bits per heavy atom. The molecule has 0 unspecified atom stereocenters. The Kier molecular flexibility index (Phi) is 31.6. The minimum atomic E-state index is -1.08. The average molecular weight is 576 g/mol. The van der Waals surface area contributed by atoms with Gasteiger partial charge in [0.15, 0.2) is 0 Å². The van der Waals surface area contributed by atoms with Crippen LogP contribution >= 0.6 is 0 Å². The summed E-state index contributed by atoms with van der Waals surface area (Å²) in [7, 11) is 0. The molecule has 4 nitrogen and oxygen atoms in total. The van der Waals surface area contributed by atoms with Crippen LogP contribution in [0.1, 0.15) is 145 Å². The van der Waals surface area contributed by atoms with Crippen LogP contribution in [0.15, 0.2) is 0 Å². The van der Waals surface area contributed by atoms with Gasteiger partial charge in [0, 0.05) is 17.4 Å². The van der Waals surface area contributed by atoms with Crippen LogP contribution < -0.4 is 10.2 Å². The van der Waals surface area contributed by atoms with Gasteiger partial charge in [-0.3, -0.25) is 0 Å². The molecule has 0 aliphatic heterocycles. The summed E-state index contributed by atoms with van der Waals surface area (Å²) in [5, 5.41) is 20.3. The summed E-state index contributed by atoms with van der Waals surface area (Å²) in [6.45, 7) is 14.3. The van der Waals surface area contributed by atoms with Gasteiger partial charge in [-0.2, -0.15) is 0 Å². The molecule has 197 valence electrons. The number of hydrogen-bond donors (Lipinski definition) is 0. The molecular formula is C28H57O4Sn. The quantitative estimate of drug-likeness (QED) is 0.156. The molecule has 0 spiro atoms. The zero-order valence-electron chi connectivity index (χ0n) is 23.4. The van der Waals surface area contributed by atoms with Gasteiger partial charge in [0.2, 0.25) is 0 Å². The zero-order chi connectivity index (χ0) is 26.0. The predicted molar refractivity (Wildman–Crippen MR) is 142 cm³/mol. The SMILES string of the molecule is CC(=O)[O-].CCCCC(CCCC)(CCCC)C(=O)[O-].CCC[CH2][Sn+2]([CH2]CCC)[CH2]CCC. The third kappa shape index (κ3) is 26.2. The Bertz CT molecular complexity index is 381. The first-order valence-electron chi connectivity index (χ1n) is 13.9. The molecule has 0 amide bonds. The number of unbranched alkanes of at least 4 members (excludes halogenated alkanes) is 6. The van der Waals surface area contributed by atoms with E-state index in [9.17, 15) is 9.90 Å². The molecule has 0 N–H and O–H groups in total. The number of carbonyl (C=O) groups is 2. The van der Waals surface area contributed by atoms with Gasteiger partial charge in [-0.15, -0.1) is 0 Å². The molecule has 0 saturated heterocycles. The third-order valence-electron chi connectivity index (χ3n) is 6.11. The van der Waals surface area contributed by atoms with E-state index in [0.717, 1.165) is 64.7 Å². The molecule has 0 bridgehead atoms. The molecule has 5 heteroatoms. The number of carboxylic acid groups (broad SMARTS) is 2. The van der Waals surface area contributed by atoms with Crippen molar-refractivity contribution in [3.63, 3.8) is 0 Å². The fraction of sp³-hybridized carbons (Fsp3) is 0.929. The molecule has 0 rings (SSSR count). The van der Waals surface area contributed by atoms with E-state index in [4.69, 9.17) is 9.90 Å². The molecule has 0 aliphatic carbocycles. The zero-order valence-corrected chi connectivity index (χ0v) is 26.2. The normalized spacial score (nSPS) is 10.8. The van der Waals surface area contributed by atoms with E-state index >= 15 is 0 Å². The van der Waals surface area contributed by atoms with Crippen LogP contribution in [0.25, 0.3) is 0 Å². The Morgan fingerprint density at radius 3 is 1.00 bits per heavy atom. The first-order valence-corrected chi connectivity index (χ1v) is 20.0. The van der Waals surface area contributed by atoms with E-state index in [1.54, 1.807) is 13.3 Å². The van der Waals surface area contributed by atoms with Gasteiger partial charge < -0.3 is 19.8 Å². The molecule has 0 fully saturated rings. The van der Waals surface area contributed by atoms with E-state index in [1.807, 2.05) is 0 Å². The Hall–Kier alpha value is -0.261. The van der Waals surface area contributed by atoms with Crippen molar-refractivity contribution in [3.05, 3.63) is 0 Å². The van der Waals surface area contributed by atoms with Crippen LogP contribution in [0.4, 0.5) is 0 Å². The van der Waals surface area contributed by atoms with E-state index in [0.29, 0.717) is 0 Å². The Morgan fingerprint density at radius 1 is 0.576 bits per heavy atom. The average Bonchev–Trinajstić information content (AvgIpc) is 2.78. The summed E-state index contributed by atoms with van der Waals surface area (Å²) in [5.41, 5.74) is -0.540. The number of carboxylic acids is 2. The molecule has 0 heterocycles. The summed E-state index contributed by atoms with van der Waals surface area (Å²) in [6, 6.07) is 0. The van der Waals surface area contributed by atoms with Gasteiger partial charge in [-0.1, -0.05) is 59.3 Å². The molecule has 3 radical (unpaired) electrons. The standard InChI is InChI=1S/C14H28O2.3C4H9.C2H4O2.Sn/c1-4-7-10-14(13(15)16,11-8-5-2)12-9-6-3;3*1-3-4-2;1-2(3)4;/h4-12H2,1-3H3,(H,15,16);3*1,3-4H2,2H3;1H3,(H,3,4);/q;;;;;+2/p-2. The summed E-state index contributed by atoms with van der Waals surface area (Å²) in [6.07, 6.45) is 17.4. The van der Waals surface area contributed by atoms with Crippen molar-refractivity contribution >= 4 is 31.7 Å². The summed E-state index contributed by atoms with van der Waals surface area (Å²) >= 11 is -0.839. The number of carbonyl (C=O) groups excluding carboxylic acids is 2. The second-order valence-corrected chi connectivity index (χ2v) is 18.0. The summed E-state index contributed by atoms with van der Waals surface area (Å²) < 4.78 is 5.04. The van der Waals surface area contributed by atoms with Crippen LogP contribution in [-0.4, -0.2) is 31.7 Å². The maximum atomic E-state index is 11.4. The van der Waals surface area contributed by atoms with Crippen molar-refractivity contribution in [2.75, 3.05) is 0 Å². The van der Waals surface area contributed by atoms with Gasteiger partial charge in [-0.25, -0.2) is 0 Å². The molecule has 0 aliphatic rings. The van der Waals surface area contributed by atoms with Crippen LogP contribution in [0.5, 0.6) is 0 Å². The fourth-order valence-corrected chi connectivity index (χ4v) is 13.3. The molecule has 0 aromatic heterocycles. The third-order valence-corrected chi connectivity index (χ3v) is 15.2. The maximum absolute atomic E-state index is 11.4. The van der Waals surface area contributed by atoms with Crippen molar-refractivity contribution in [1.82, 2.24) is 0 Å². The van der Waals surface area contributed by atoms with Crippen molar-refractivity contribution < 1.29 is 19.8 Å². The second kappa shape index (κ2) is 28.0. The number of hydrogen-bond acceptors (Lipinski definition) is 4. The molecule has 0 atom stereocenters. The van der Waals surface area contributed by atoms with Crippen LogP contribution in [0.2, 0.25) is 13.3 Å². The Balaban J connectivity index is -0.000000476. The summed E-state index contributed by atoms with van der Waals surface area (Å²) in [4.78, 5) is 20.3. The molecule has 0 saturated carbocycles. The van der Waals surface area contributed by atoms with E-state index < -0.39 is 37.1 Å². The van der Waals surface area contributed by atoms with E-state index in [2.05, 4.69) is 41.5 Å². The van der Waals surface area contributed by atoms with Gasteiger partial charge in [0.1, 0.15) is 0 Å². The number of aliphatic carboxylic acids is 2. The first kappa shape index (κ1) is 37.3. The first-order chi connectivity index (χ1) is 15.7. The molecule has 33 heavy (non-hydrogen) atoms. The Labute approximate surface area is 214 Å². The predicted octanol–water partition coefficient (Wildman–Crippen LogP) is 6.93. The monoisotopic (exact) mass is 577 g/mol. The van der Waals surface area contributed by atoms with Gasteiger partial charge in [0.05, 0.1) is 0 Å². The van der Waals surface area contributed by atoms with Crippen LogP contribution in [0, 0.1) is 5.41 Å². The van der Waals surface area contributed by atoms with Crippen molar-refractivity contribution in [2.24, 2.45) is 5.41 Å². The summed E-state index contributed by atoms with van der Waals surface area (Å²) in [5.74, 6) is -1.90. The van der Waals surface area contributed by atoms with Gasteiger partial charge in [-0.05, 0) is 26.2 Å². The second-order valence-electron chi connectivity index (χ2n) is 9.43. The van der Waals surface area contributed by atoms with Crippen molar-refractivity contribution in [1.29, 1.82) is 0 Å². The molecular weight excluding hydrogens is 519 g/mol. The van der Waals surface area contributed by atoms with Crippen molar-refractivity contribution in [2.45, 2.75) is 158 Å². The topological polar surface area (TPSA) is 80.3 Å². The number of rotatable bonds is 19. The van der Waals surface area contributed by atoms with E-state index in [1.165, 1.54) is 38.5 Å². The molecule has 0 aromatic carbocycles. The molecule has 0 aromatic rings. The minimum absolute atomic E-state index is 0.540.